The first kappa shape index (κ1) is 11.2. The van der Waals surface area contributed by atoms with Crippen LogP contribution in [0.15, 0.2) is 29.4 Å². The fourth-order valence-electron chi connectivity index (χ4n) is 2.19. The van der Waals surface area contributed by atoms with Crippen LogP contribution in [0, 0.1) is 0 Å². The molecule has 0 aliphatic heterocycles. The Labute approximate surface area is 104 Å². The Kier molecular flexibility index (Phi) is 2.21. The molecule has 0 radical (unpaired) electrons. The molecule has 0 aliphatic carbocycles. The van der Waals surface area contributed by atoms with Gasteiger partial charge < -0.3 is 4.57 Å². The van der Waals surface area contributed by atoms with Crippen LogP contribution in [0.4, 0.5) is 0 Å². The summed E-state index contributed by atoms with van der Waals surface area (Å²) in [6, 6.07) is 7.60. The highest BCUT2D eigenvalue weighted by Gasteiger charge is 2.21. The zero-order chi connectivity index (χ0) is 12.9. The van der Waals surface area contributed by atoms with E-state index < -0.39 is 9.84 Å². The van der Waals surface area contributed by atoms with Gasteiger partial charge in [-0.1, -0.05) is 12.1 Å². The van der Waals surface area contributed by atoms with Gasteiger partial charge in [-0.3, -0.25) is 0 Å². The summed E-state index contributed by atoms with van der Waals surface area (Å²) in [5.41, 5.74) is 1.76. The van der Waals surface area contributed by atoms with Crippen molar-refractivity contribution in [1.29, 1.82) is 0 Å². The zero-order valence-corrected chi connectivity index (χ0v) is 10.8. The van der Waals surface area contributed by atoms with Crippen molar-refractivity contribution in [3.8, 4) is 0 Å². The molecule has 3 aromatic rings. The number of imidazole rings is 1. The van der Waals surface area contributed by atoms with Gasteiger partial charge in [0.05, 0.1) is 11.0 Å². The average Bonchev–Trinajstić information content (AvgIpc) is 2.85. The minimum Gasteiger partial charge on any atom is -0.309 e. The number of aromatic nitrogens is 4. The molecule has 6 nitrogen and oxygen atoms in total. The predicted octanol–water partition coefficient (Wildman–Crippen LogP) is 1.11. The van der Waals surface area contributed by atoms with Crippen molar-refractivity contribution in [3.05, 3.63) is 24.3 Å². The quantitative estimate of drug-likeness (QED) is 0.695. The van der Waals surface area contributed by atoms with Gasteiger partial charge in [0.25, 0.3) is 5.16 Å². The van der Waals surface area contributed by atoms with Gasteiger partial charge in [-0.25, -0.2) is 12.8 Å². The highest BCUT2D eigenvalue weighted by molar-refractivity contribution is 7.90. The molecule has 0 aliphatic rings. The van der Waals surface area contributed by atoms with Crippen LogP contribution >= 0.6 is 0 Å². The fourth-order valence-corrected chi connectivity index (χ4v) is 2.89. The average molecular weight is 264 g/mol. The number of hydrogen-bond acceptors (Lipinski definition) is 4. The summed E-state index contributed by atoms with van der Waals surface area (Å²) in [6.45, 7) is 2.69. The molecule has 0 amide bonds. The van der Waals surface area contributed by atoms with Gasteiger partial charge in [0.2, 0.25) is 15.6 Å². The molecule has 0 bridgehead atoms. The maximum Gasteiger partial charge on any atom is 0.255 e. The number of rotatable bonds is 2. The van der Waals surface area contributed by atoms with Crippen molar-refractivity contribution in [1.82, 2.24) is 19.2 Å². The monoisotopic (exact) mass is 264 g/mol. The van der Waals surface area contributed by atoms with Crippen molar-refractivity contribution in [3.63, 3.8) is 0 Å². The van der Waals surface area contributed by atoms with Crippen LogP contribution in [0.25, 0.3) is 16.8 Å². The Morgan fingerprint density at radius 3 is 2.44 bits per heavy atom. The highest BCUT2D eigenvalue weighted by atomic mass is 32.2. The largest absolute Gasteiger partial charge is 0.309 e. The van der Waals surface area contributed by atoms with Crippen LogP contribution in [0.2, 0.25) is 0 Å². The lowest BCUT2D eigenvalue weighted by Gasteiger charge is -1.97. The van der Waals surface area contributed by atoms with Gasteiger partial charge in [-0.05, 0) is 19.1 Å². The molecule has 2 heterocycles. The number of sulfone groups is 1. The molecule has 18 heavy (non-hydrogen) atoms. The molecule has 94 valence electrons. The second-order valence-electron chi connectivity index (χ2n) is 4.12. The zero-order valence-electron chi connectivity index (χ0n) is 10.0. The van der Waals surface area contributed by atoms with E-state index in [9.17, 15) is 8.42 Å². The van der Waals surface area contributed by atoms with Crippen molar-refractivity contribution < 1.29 is 8.42 Å². The number of aryl methyl sites for hydroxylation is 1. The standard InChI is InChI=1S/C11H12N4O2S/c1-3-14-8-6-4-5-7-9(8)15-10(14)12-13-11(15)18(2,16)17/h4-7H,3H2,1-2H3. The van der Waals surface area contributed by atoms with Gasteiger partial charge in [0.1, 0.15) is 0 Å². The van der Waals surface area contributed by atoms with Gasteiger partial charge in [-0.2, -0.15) is 0 Å². The van der Waals surface area contributed by atoms with E-state index in [-0.39, 0.29) is 5.16 Å². The number of para-hydroxylation sites is 2. The van der Waals surface area contributed by atoms with Crippen LogP contribution in [0.3, 0.4) is 0 Å². The molecule has 2 aromatic heterocycles. The third kappa shape index (κ3) is 1.37. The minimum absolute atomic E-state index is 0.0131. The molecular formula is C11H12N4O2S. The van der Waals surface area contributed by atoms with E-state index in [4.69, 9.17) is 0 Å². The third-order valence-corrected chi connectivity index (χ3v) is 3.85. The lowest BCUT2D eigenvalue weighted by Crippen LogP contribution is -2.03. The number of benzene rings is 1. The summed E-state index contributed by atoms with van der Waals surface area (Å²) in [7, 11) is -3.40. The fraction of sp³-hybridized carbons (Fsp3) is 0.273. The molecule has 1 aromatic carbocycles. The molecule has 0 fully saturated rings. The molecule has 0 spiro atoms. The van der Waals surface area contributed by atoms with E-state index >= 15 is 0 Å². The maximum absolute atomic E-state index is 11.7. The number of fused-ring (bicyclic) bond motifs is 3. The van der Waals surface area contributed by atoms with E-state index in [1.807, 2.05) is 35.8 Å². The number of nitrogens with zero attached hydrogens (tertiary/aromatic N) is 4. The first-order valence-electron chi connectivity index (χ1n) is 5.56. The lowest BCUT2D eigenvalue weighted by atomic mass is 10.3. The van der Waals surface area contributed by atoms with Gasteiger partial charge in [0.15, 0.2) is 0 Å². The molecule has 0 saturated carbocycles. The molecule has 0 atom stereocenters. The van der Waals surface area contributed by atoms with Crippen molar-refractivity contribution >= 4 is 26.6 Å². The van der Waals surface area contributed by atoms with Crippen molar-refractivity contribution in [2.24, 2.45) is 0 Å². The van der Waals surface area contributed by atoms with E-state index in [0.717, 1.165) is 17.3 Å². The summed E-state index contributed by atoms with van der Waals surface area (Å²) >= 11 is 0. The van der Waals surface area contributed by atoms with Crippen LogP contribution in [0.1, 0.15) is 6.92 Å². The second-order valence-corrected chi connectivity index (χ2v) is 6.03. The van der Waals surface area contributed by atoms with Crippen molar-refractivity contribution in [2.75, 3.05) is 6.26 Å². The Hall–Kier alpha value is -1.89. The minimum atomic E-state index is -3.40. The molecule has 7 heteroatoms. The Bertz CT molecular complexity index is 845. The lowest BCUT2D eigenvalue weighted by molar-refractivity contribution is 0.592. The van der Waals surface area contributed by atoms with E-state index in [2.05, 4.69) is 10.2 Å². The Morgan fingerprint density at radius 1 is 1.17 bits per heavy atom. The van der Waals surface area contributed by atoms with Gasteiger partial charge in [-0.15, -0.1) is 10.2 Å². The van der Waals surface area contributed by atoms with Crippen LogP contribution in [0.5, 0.6) is 0 Å². The van der Waals surface area contributed by atoms with Gasteiger partial charge in [0, 0.05) is 12.8 Å². The van der Waals surface area contributed by atoms with E-state index in [1.54, 1.807) is 4.40 Å². The summed E-state index contributed by atoms with van der Waals surface area (Å²) in [5.74, 6) is 0.555. The summed E-state index contributed by atoms with van der Waals surface area (Å²) < 4.78 is 27.0. The molecule has 0 saturated heterocycles. The Balaban J connectivity index is 2.60. The second kappa shape index (κ2) is 3.55. The van der Waals surface area contributed by atoms with E-state index in [0.29, 0.717) is 12.3 Å². The Morgan fingerprint density at radius 2 is 1.83 bits per heavy atom. The summed E-state index contributed by atoms with van der Waals surface area (Å²) in [5, 5.41) is 7.77. The van der Waals surface area contributed by atoms with Crippen molar-refractivity contribution in [2.45, 2.75) is 18.6 Å². The number of hydrogen-bond donors (Lipinski definition) is 0. The SMILES string of the molecule is CCn1c2ccccc2n2c(S(C)(=O)=O)nnc12. The first-order chi connectivity index (χ1) is 8.54. The topological polar surface area (TPSA) is 69.3 Å². The summed E-state index contributed by atoms with van der Waals surface area (Å²) in [6.07, 6.45) is 1.14. The molecule has 0 N–H and O–H groups in total. The highest BCUT2D eigenvalue weighted by Crippen LogP contribution is 2.22. The molecule has 0 unspecified atom stereocenters. The predicted molar refractivity (Wildman–Crippen MR) is 67.3 cm³/mol. The third-order valence-electron chi connectivity index (χ3n) is 2.92. The van der Waals surface area contributed by atoms with Gasteiger partial charge >= 0.3 is 0 Å². The van der Waals surface area contributed by atoms with Crippen LogP contribution < -0.4 is 0 Å². The smallest absolute Gasteiger partial charge is 0.255 e. The van der Waals surface area contributed by atoms with E-state index in [1.165, 1.54) is 0 Å². The normalized spacial score (nSPS) is 12.6. The first-order valence-corrected chi connectivity index (χ1v) is 7.45. The summed E-state index contributed by atoms with van der Waals surface area (Å²) in [4.78, 5) is 0. The maximum atomic E-state index is 11.7. The molecular weight excluding hydrogens is 252 g/mol. The van der Waals surface area contributed by atoms with Crippen LogP contribution in [-0.2, 0) is 16.4 Å². The molecule has 3 rings (SSSR count). The van der Waals surface area contributed by atoms with Crippen LogP contribution in [-0.4, -0.2) is 33.8 Å².